The van der Waals surface area contributed by atoms with Crippen LogP contribution >= 0.6 is 0 Å². The lowest BCUT2D eigenvalue weighted by Gasteiger charge is -2.26. The molecule has 17 heteroatoms. The molecule has 0 bridgehead atoms. The van der Waals surface area contributed by atoms with Gasteiger partial charge < -0.3 is 10.2 Å². The highest BCUT2D eigenvalue weighted by Crippen LogP contribution is 2.36. The molecule has 1 fully saturated rings. The Kier molecular flexibility index (Phi) is 7.62. The number of rotatable bonds is 5. The van der Waals surface area contributed by atoms with Crippen LogP contribution in [-0.2, 0) is 22.2 Å². The molecule has 214 valence electrons. The van der Waals surface area contributed by atoms with Crippen LogP contribution in [-0.4, -0.2) is 69.5 Å². The van der Waals surface area contributed by atoms with Gasteiger partial charge in [0.05, 0.1) is 34.2 Å². The zero-order valence-corrected chi connectivity index (χ0v) is 21.3. The number of carbonyl (C=O) groups is 2. The fraction of sp³-hybridized carbons (Fsp3) is 0.348. The van der Waals surface area contributed by atoms with E-state index in [-0.39, 0.29) is 47.9 Å². The number of nitrogens with one attached hydrogen (secondary N) is 1. The van der Waals surface area contributed by atoms with Crippen molar-refractivity contribution in [2.24, 2.45) is 0 Å². The van der Waals surface area contributed by atoms with Gasteiger partial charge in [0.15, 0.2) is 21.5 Å². The molecule has 40 heavy (non-hydrogen) atoms. The first-order valence-corrected chi connectivity index (χ1v) is 13.3. The number of hydrogen-bond acceptors (Lipinski definition) is 7. The standard InChI is InChI=1S/C23H20F6N6O4S/c1-13(33-20(36)15-8-16(22(24,25)26)10-17(9-15)23(27,28)29)19-31-12-32-35(19)18-3-2-14(11-30-18)21(37)34-4-6-40(38,39)7-5-34/h2-3,8-13H,4-7H2,1H3,(H,33,36)/t13-/m0/s1. The zero-order chi connectivity index (χ0) is 29.5. The van der Waals surface area contributed by atoms with Gasteiger partial charge in [-0.1, -0.05) is 0 Å². The van der Waals surface area contributed by atoms with Crippen LogP contribution in [0.5, 0.6) is 0 Å². The van der Waals surface area contributed by atoms with Gasteiger partial charge in [-0.3, -0.25) is 9.59 Å². The molecule has 10 nitrogen and oxygen atoms in total. The maximum absolute atomic E-state index is 13.2. The highest BCUT2D eigenvalue weighted by molar-refractivity contribution is 7.91. The quantitative estimate of drug-likeness (QED) is 0.453. The van der Waals surface area contributed by atoms with Gasteiger partial charge in [-0.05, 0) is 37.3 Å². The maximum atomic E-state index is 13.2. The van der Waals surface area contributed by atoms with Crippen LogP contribution in [0.4, 0.5) is 26.3 Å². The Balaban J connectivity index is 1.52. The number of hydrogen-bond donors (Lipinski definition) is 1. The fourth-order valence-corrected chi connectivity index (χ4v) is 5.09. The van der Waals surface area contributed by atoms with Gasteiger partial charge >= 0.3 is 12.4 Å². The molecule has 0 saturated carbocycles. The molecule has 0 aliphatic carbocycles. The van der Waals surface area contributed by atoms with Crippen LogP contribution in [0, 0.1) is 0 Å². The lowest BCUT2D eigenvalue weighted by Crippen LogP contribution is -2.43. The minimum absolute atomic E-state index is 0.0453. The van der Waals surface area contributed by atoms with Crippen molar-refractivity contribution in [3.8, 4) is 5.82 Å². The summed E-state index contributed by atoms with van der Waals surface area (Å²) in [6, 6.07) is 2.34. The summed E-state index contributed by atoms with van der Waals surface area (Å²) in [5.74, 6) is -1.74. The SMILES string of the molecule is C[C@H](NC(=O)c1cc(C(F)(F)F)cc(C(F)(F)F)c1)c1ncnn1-c1ccc(C(=O)N2CCS(=O)(=O)CC2)cn1. The van der Waals surface area contributed by atoms with E-state index >= 15 is 0 Å². The average molecular weight is 591 g/mol. The number of carbonyl (C=O) groups excluding carboxylic acids is 2. The number of alkyl halides is 6. The molecule has 1 aliphatic heterocycles. The summed E-state index contributed by atoms with van der Waals surface area (Å²) >= 11 is 0. The van der Waals surface area contributed by atoms with Crippen molar-refractivity contribution in [1.82, 2.24) is 30.0 Å². The maximum Gasteiger partial charge on any atom is 0.416 e. The highest BCUT2D eigenvalue weighted by Gasteiger charge is 2.37. The van der Waals surface area contributed by atoms with Crippen molar-refractivity contribution in [3.63, 3.8) is 0 Å². The molecular weight excluding hydrogens is 570 g/mol. The lowest BCUT2D eigenvalue weighted by molar-refractivity contribution is -0.143. The first kappa shape index (κ1) is 29.0. The molecule has 0 unspecified atom stereocenters. The normalized spacial score (nSPS) is 16.4. The molecule has 1 N–H and O–H groups in total. The van der Waals surface area contributed by atoms with E-state index in [1.54, 1.807) is 0 Å². The molecule has 1 aromatic carbocycles. The number of amides is 2. The van der Waals surface area contributed by atoms with E-state index < -0.39 is 56.7 Å². The van der Waals surface area contributed by atoms with Crippen LogP contribution in [0.2, 0.25) is 0 Å². The molecule has 1 aliphatic rings. The number of sulfone groups is 1. The molecule has 2 amide bonds. The number of pyridine rings is 1. The molecule has 3 heterocycles. The molecule has 0 radical (unpaired) electrons. The lowest BCUT2D eigenvalue weighted by atomic mass is 10.0. The van der Waals surface area contributed by atoms with Crippen molar-refractivity contribution in [3.05, 3.63) is 70.9 Å². The predicted octanol–water partition coefficient (Wildman–Crippen LogP) is 3.06. The summed E-state index contributed by atoms with van der Waals surface area (Å²) in [5.41, 5.74) is -3.94. The van der Waals surface area contributed by atoms with Crippen LogP contribution in [0.25, 0.3) is 5.82 Å². The number of aromatic nitrogens is 4. The summed E-state index contributed by atoms with van der Waals surface area (Å²) in [6.07, 6.45) is -7.91. The monoisotopic (exact) mass is 590 g/mol. The van der Waals surface area contributed by atoms with Crippen molar-refractivity contribution in [1.29, 1.82) is 0 Å². The summed E-state index contributed by atoms with van der Waals surface area (Å²) in [6.45, 7) is 1.48. The Morgan fingerprint density at radius 3 is 2.05 bits per heavy atom. The Bertz CT molecular complexity index is 1490. The molecule has 4 rings (SSSR count). The van der Waals surface area contributed by atoms with Crippen LogP contribution < -0.4 is 5.32 Å². The Morgan fingerprint density at radius 2 is 1.52 bits per heavy atom. The van der Waals surface area contributed by atoms with Crippen molar-refractivity contribution in [2.75, 3.05) is 24.6 Å². The summed E-state index contributed by atoms with van der Waals surface area (Å²) in [5, 5.41) is 6.30. The van der Waals surface area contributed by atoms with Crippen LogP contribution in [0.3, 0.4) is 0 Å². The first-order chi connectivity index (χ1) is 18.5. The third-order valence-corrected chi connectivity index (χ3v) is 7.61. The summed E-state index contributed by atoms with van der Waals surface area (Å²) in [4.78, 5) is 34.9. The fourth-order valence-electron chi connectivity index (χ4n) is 3.89. The van der Waals surface area contributed by atoms with Gasteiger partial charge in [0.1, 0.15) is 6.33 Å². The third-order valence-electron chi connectivity index (χ3n) is 6.00. The number of nitrogens with zero attached hydrogens (tertiary/aromatic N) is 5. The van der Waals surface area contributed by atoms with Gasteiger partial charge in [0.2, 0.25) is 0 Å². The largest absolute Gasteiger partial charge is 0.416 e. The van der Waals surface area contributed by atoms with E-state index in [4.69, 9.17) is 0 Å². The third kappa shape index (κ3) is 6.40. The van der Waals surface area contributed by atoms with Crippen molar-refractivity contribution < 1.29 is 44.3 Å². The van der Waals surface area contributed by atoms with Gasteiger partial charge in [-0.25, -0.2) is 18.4 Å². The molecule has 1 saturated heterocycles. The van der Waals surface area contributed by atoms with Crippen LogP contribution in [0.15, 0.2) is 42.9 Å². The summed E-state index contributed by atoms with van der Waals surface area (Å²) in [7, 11) is -3.18. The Morgan fingerprint density at radius 1 is 0.925 bits per heavy atom. The van der Waals surface area contributed by atoms with Gasteiger partial charge in [-0.2, -0.15) is 36.1 Å². The van der Waals surface area contributed by atoms with Gasteiger partial charge in [0, 0.05) is 24.8 Å². The van der Waals surface area contributed by atoms with Gasteiger partial charge in [0.25, 0.3) is 11.8 Å². The molecular formula is C23H20F6N6O4S. The van der Waals surface area contributed by atoms with E-state index in [9.17, 15) is 44.3 Å². The average Bonchev–Trinajstić information content (AvgIpc) is 3.37. The minimum atomic E-state index is -5.12. The molecule has 1 atom stereocenters. The molecule has 3 aromatic rings. The topological polar surface area (TPSA) is 127 Å². The second-order valence-electron chi connectivity index (χ2n) is 8.87. The van der Waals surface area contributed by atoms with Crippen LogP contribution in [0.1, 0.15) is 50.6 Å². The van der Waals surface area contributed by atoms with Crippen molar-refractivity contribution in [2.45, 2.75) is 25.3 Å². The van der Waals surface area contributed by atoms with Gasteiger partial charge in [-0.15, -0.1) is 0 Å². The van der Waals surface area contributed by atoms with E-state index in [1.165, 1.54) is 34.8 Å². The second kappa shape index (κ2) is 10.5. The van der Waals surface area contributed by atoms with E-state index in [1.807, 2.05) is 0 Å². The molecule has 2 aromatic heterocycles. The molecule has 0 spiro atoms. The van der Waals surface area contributed by atoms with E-state index in [0.29, 0.717) is 12.1 Å². The predicted molar refractivity (Wildman–Crippen MR) is 126 cm³/mol. The second-order valence-corrected chi connectivity index (χ2v) is 11.2. The zero-order valence-electron chi connectivity index (χ0n) is 20.5. The Labute approximate surface area is 222 Å². The highest BCUT2D eigenvalue weighted by atomic mass is 32.2. The van der Waals surface area contributed by atoms with Crippen molar-refractivity contribution >= 4 is 21.7 Å². The number of halogens is 6. The summed E-state index contributed by atoms with van der Waals surface area (Å²) < 4.78 is 103. The van der Waals surface area contributed by atoms with E-state index in [2.05, 4.69) is 20.4 Å². The first-order valence-electron chi connectivity index (χ1n) is 11.5. The smallest absolute Gasteiger partial charge is 0.342 e. The minimum Gasteiger partial charge on any atom is -0.342 e. The number of benzene rings is 1. The Hall–Kier alpha value is -4.02. The van der Waals surface area contributed by atoms with E-state index in [0.717, 1.165) is 6.33 Å².